The first kappa shape index (κ1) is 46.7. The molecule has 0 aliphatic rings. The molecule has 0 aliphatic carbocycles. The Kier molecular flexibility index (Phi) is 13.4. The van der Waals surface area contributed by atoms with Crippen molar-refractivity contribution in [1.29, 1.82) is 0 Å². The lowest BCUT2D eigenvalue weighted by Gasteiger charge is -2.21. The Labute approximate surface area is 384 Å². The van der Waals surface area contributed by atoms with Crippen molar-refractivity contribution in [2.24, 2.45) is 0 Å². The fourth-order valence-electron chi connectivity index (χ4n) is 5.70. The van der Waals surface area contributed by atoms with Crippen molar-refractivity contribution >= 4 is 115 Å². The Balaban J connectivity index is 0.000000181. The van der Waals surface area contributed by atoms with Crippen molar-refractivity contribution in [3.05, 3.63) is 118 Å². The number of anilines is 4. The van der Waals surface area contributed by atoms with Crippen LogP contribution in [0.25, 0.3) is 33.4 Å². The molecule has 0 amide bonds. The number of fused-ring (bicyclic) bond motifs is 6. The Morgan fingerprint density at radius 2 is 1.13 bits per heavy atom. The van der Waals surface area contributed by atoms with Crippen LogP contribution < -0.4 is 9.80 Å². The highest BCUT2D eigenvalue weighted by molar-refractivity contribution is 9.10. The van der Waals surface area contributed by atoms with E-state index in [1.54, 1.807) is 30.9 Å². The van der Waals surface area contributed by atoms with Gasteiger partial charge in [-0.05, 0) is 100 Å². The van der Waals surface area contributed by atoms with Crippen molar-refractivity contribution in [3.8, 4) is 24.2 Å². The average Bonchev–Trinajstić information content (AvgIpc) is 3.92. The van der Waals surface area contributed by atoms with E-state index < -0.39 is 29.2 Å². The van der Waals surface area contributed by atoms with Gasteiger partial charge in [0.1, 0.15) is 33.8 Å². The van der Waals surface area contributed by atoms with E-state index in [4.69, 9.17) is 29.6 Å². The molecule has 0 saturated heterocycles. The van der Waals surface area contributed by atoms with Crippen molar-refractivity contribution in [2.45, 2.75) is 37.2 Å². The number of hydrogen-bond donors (Lipinski definition) is 0. The quantitative estimate of drug-likeness (QED) is 0.146. The minimum absolute atomic E-state index is 0.461. The normalized spacial score (nSPS) is 11.8. The van der Waals surface area contributed by atoms with E-state index in [0.717, 1.165) is 49.7 Å². The van der Waals surface area contributed by atoms with Crippen LogP contribution in [0.4, 0.5) is 23.0 Å². The van der Waals surface area contributed by atoms with Crippen LogP contribution in [0.2, 0.25) is 10.0 Å². The number of benzene rings is 4. The molecule has 0 saturated carbocycles. The maximum absolute atomic E-state index is 11.9. The summed E-state index contributed by atoms with van der Waals surface area (Å²) in [6, 6.07) is 26.9. The third-order valence-corrected chi connectivity index (χ3v) is 15.1. The summed E-state index contributed by atoms with van der Waals surface area (Å²) in [7, 11) is -2.52. The molecule has 63 heavy (non-hydrogen) atoms. The van der Waals surface area contributed by atoms with Gasteiger partial charge < -0.3 is 9.80 Å². The van der Waals surface area contributed by atoms with E-state index in [0.29, 0.717) is 33.0 Å². The molecule has 4 aromatic heterocycles. The SMILES string of the molecule is C#CC(C)(C)S(C)(=O)=O.CN(c1cccc(Br)c1)c1nc2nncn2c2cc(Cl)ccc12.CN(c1cccc(C#CC(C)(C)S(C)(=O)=O)c1)c1nc2nncn2c2cc(Cl)ccc12. The number of terminal acetylenes is 1. The second kappa shape index (κ2) is 18.1. The summed E-state index contributed by atoms with van der Waals surface area (Å²) >= 11 is 15.9. The molecule has 4 aromatic carbocycles. The lowest BCUT2D eigenvalue weighted by molar-refractivity contribution is 0.580. The van der Waals surface area contributed by atoms with Gasteiger partial charge >= 0.3 is 0 Å². The first-order valence-corrected chi connectivity index (χ1v) is 24.2. The summed E-state index contributed by atoms with van der Waals surface area (Å²) in [6.07, 6.45) is 10.5. The van der Waals surface area contributed by atoms with E-state index in [-0.39, 0.29) is 0 Å². The van der Waals surface area contributed by atoms with Gasteiger partial charge in [-0.25, -0.2) is 16.8 Å². The fourth-order valence-corrected chi connectivity index (χ4v) is 6.87. The number of aromatic nitrogens is 8. The Morgan fingerprint density at radius 3 is 1.56 bits per heavy atom. The molecule has 8 aromatic rings. The minimum Gasteiger partial charge on any atom is -0.329 e. The standard InChI is InChI=1S/C22H20ClN5O2S.C16H11BrClN5.C6H10O2S/c1-22(2,31(4,29)30)11-10-15-6-5-7-17(12-15)27(3)20-18-9-8-16(23)13-19(18)28-14-24-26-21(28)25-20;1-22(12-4-2-3-10(17)7-12)15-13-6-5-11(18)8-14(13)23-9-19-21-16(23)20-15;1-5-6(2,3)9(4,7)8/h5-9,12-14H,1-4H3;2-9H,1H3;1H,2-4H3. The van der Waals surface area contributed by atoms with Gasteiger partial charge in [-0.15, -0.1) is 26.8 Å². The zero-order chi connectivity index (χ0) is 46.1. The van der Waals surface area contributed by atoms with E-state index in [9.17, 15) is 16.8 Å². The third kappa shape index (κ3) is 10.2. The van der Waals surface area contributed by atoms with Crippen LogP contribution in [0.5, 0.6) is 0 Å². The summed E-state index contributed by atoms with van der Waals surface area (Å²) in [4.78, 5) is 13.3. The van der Waals surface area contributed by atoms with Crippen LogP contribution in [-0.4, -0.2) is 92.1 Å². The molecule has 0 fully saturated rings. The topological polar surface area (TPSA) is 161 Å². The molecule has 0 radical (unpaired) electrons. The van der Waals surface area contributed by atoms with Gasteiger partial charge in [-0.3, -0.25) is 8.80 Å². The van der Waals surface area contributed by atoms with E-state index in [1.165, 1.54) is 20.1 Å². The fraction of sp³-hybridized carbons (Fsp3) is 0.227. The van der Waals surface area contributed by atoms with Crippen molar-refractivity contribution in [1.82, 2.24) is 39.2 Å². The number of hydrogen-bond acceptors (Lipinski definition) is 12. The molecule has 0 bridgehead atoms. The monoisotopic (exact) mass is 986 g/mol. The van der Waals surface area contributed by atoms with E-state index in [2.05, 4.69) is 64.1 Å². The van der Waals surface area contributed by atoms with Crippen LogP contribution in [-0.2, 0) is 19.7 Å². The molecular formula is C44H41BrCl2N10O4S2. The average molecular weight is 989 g/mol. The van der Waals surface area contributed by atoms with E-state index >= 15 is 0 Å². The Hall–Kier alpha value is -5.82. The summed E-state index contributed by atoms with van der Waals surface area (Å²) in [5.41, 5.74) is 4.33. The largest absolute Gasteiger partial charge is 0.329 e. The highest BCUT2D eigenvalue weighted by Gasteiger charge is 2.28. The summed E-state index contributed by atoms with van der Waals surface area (Å²) in [6.45, 7) is 6.20. The lowest BCUT2D eigenvalue weighted by atomic mass is 10.1. The number of nitrogens with zero attached hydrogens (tertiary/aromatic N) is 10. The van der Waals surface area contributed by atoms with Crippen LogP contribution in [0, 0.1) is 24.2 Å². The molecule has 14 nitrogen and oxygen atoms in total. The molecule has 4 heterocycles. The first-order valence-electron chi connectivity index (χ1n) is 18.8. The van der Waals surface area contributed by atoms with Crippen LogP contribution in [0.15, 0.2) is 102 Å². The van der Waals surface area contributed by atoms with Gasteiger partial charge in [0.15, 0.2) is 19.7 Å². The minimum atomic E-state index is -3.31. The number of rotatable bonds is 6. The summed E-state index contributed by atoms with van der Waals surface area (Å²) < 4.78 is 47.8. The van der Waals surface area contributed by atoms with Crippen LogP contribution in [0.3, 0.4) is 0 Å². The van der Waals surface area contributed by atoms with E-state index in [1.807, 2.05) is 113 Å². The predicted molar refractivity (Wildman–Crippen MR) is 257 cm³/mol. The molecule has 8 rings (SSSR count). The van der Waals surface area contributed by atoms with Gasteiger partial charge in [0.25, 0.3) is 11.6 Å². The summed E-state index contributed by atoms with van der Waals surface area (Å²) in [5.74, 6) is 10.5. The maximum atomic E-state index is 11.9. The molecule has 0 unspecified atom stereocenters. The summed E-state index contributed by atoms with van der Waals surface area (Å²) in [5, 5.41) is 19.2. The molecule has 0 N–H and O–H groups in total. The van der Waals surface area contributed by atoms with Crippen molar-refractivity contribution < 1.29 is 16.8 Å². The smallest absolute Gasteiger partial charge is 0.257 e. The van der Waals surface area contributed by atoms with Gasteiger partial charge in [-0.2, -0.15) is 9.97 Å². The molecule has 0 atom stereocenters. The third-order valence-electron chi connectivity index (χ3n) is 10.2. The zero-order valence-corrected chi connectivity index (χ0v) is 40.1. The highest BCUT2D eigenvalue weighted by atomic mass is 79.9. The lowest BCUT2D eigenvalue weighted by Crippen LogP contribution is -2.28. The van der Waals surface area contributed by atoms with Crippen LogP contribution in [0.1, 0.15) is 33.3 Å². The molecule has 324 valence electrons. The van der Waals surface area contributed by atoms with Gasteiger partial charge in [0.05, 0.1) is 11.0 Å². The Bertz CT molecular complexity index is 3380. The predicted octanol–water partition coefficient (Wildman–Crippen LogP) is 8.78. The zero-order valence-electron chi connectivity index (χ0n) is 35.4. The highest BCUT2D eigenvalue weighted by Crippen LogP contribution is 2.34. The second-order valence-electron chi connectivity index (χ2n) is 15.3. The van der Waals surface area contributed by atoms with Crippen LogP contribution >= 0.6 is 39.1 Å². The number of halogens is 3. The van der Waals surface area contributed by atoms with Gasteiger partial charge in [0, 0.05) is 68.8 Å². The molecule has 0 spiro atoms. The van der Waals surface area contributed by atoms with Gasteiger partial charge in [0.2, 0.25) is 0 Å². The molecule has 0 aliphatic heterocycles. The maximum Gasteiger partial charge on any atom is 0.257 e. The molecular weight excluding hydrogens is 947 g/mol. The second-order valence-corrected chi connectivity index (χ2v) is 22.2. The van der Waals surface area contributed by atoms with Crippen molar-refractivity contribution in [2.75, 3.05) is 36.4 Å². The number of sulfone groups is 2. The molecule has 19 heteroatoms. The first-order chi connectivity index (χ1) is 29.5. The van der Waals surface area contributed by atoms with Crippen molar-refractivity contribution in [3.63, 3.8) is 0 Å². The Morgan fingerprint density at radius 1 is 0.667 bits per heavy atom. The van der Waals surface area contributed by atoms with Gasteiger partial charge in [-0.1, -0.05) is 69.0 Å².